The molecule has 1 saturated carbocycles. The lowest BCUT2D eigenvalue weighted by Crippen LogP contribution is -2.54. The van der Waals surface area contributed by atoms with E-state index in [1.165, 1.54) is 6.07 Å². The third-order valence-electron chi connectivity index (χ3n) is 9.47. The molecular formula is C31H40F3NO3. The van der Waals surface area contributed by atoms with Gasteiger partial charge in [-0.25, -0.2) is 0 Å². The Labute approximate surface area is 223 Å². The quantitative estimate of drug-likeness (QED) is 0.390. The largest absolute Gasteiger partial charge is 0.490 e. The Bertz CT molecular complexity index is 1130. The fourth-order valence-electron chi connectivity index (χ4n) is 7.51. The van der Waals surface area contributed by atoms with Crippen molar-refractivity contribution in [3.05, 3.63) is 41.5 Å². The zero-order valence-electron chi connectivity index (χ0n) is 22.5. The zero-order chi connectivity index (χ0) is 27.0. The molecule has 3 unspecified atom stereocenters. The van der Waals surface area contributed by atoms with E-state index in [9.17, 15) is 23.1 Å². The number of alkyl halides is 3. The number of carboxylic acid groups (broad SMARTS) is 1. The van der Waals surface area contributed by atoms with Crippen LogP contribution in [0.1, 0.15) is 102 Å². The Morgan fingerprint density at radius 1 is 1.03 bits per heavy atom. The normalized spacial score (nSPS) is 29.2. The number of benzene rings is 2. The third kappa shape index (κ3) is 5.41. The van der Waals surface area contributed by atoms with Gasteiger partial charge in [0.25, 0.3) is 0 Å². The Hall–Kier alpha value is -2.28. The van der Waals surface area contributed by atoms with Gasteiger partial charge in [0.1, 0.15) is 11.3 Å². The number of fused-ring (bicyclic) bond motifs is 3. The average Bonchev–Trinajstić information content (AvgIpc) is 2.88. The van der Waals surface area contributed by atoms with E-state index in [1.54, 1.807) is 12.1 Å². The number of hydrogen-bond donors (Lipinski definition) is 1. The maximum absolute atomic E-state index is 14.4. The van der Waals surface area contributed by atoms with Crippen LogP contribution >= 0.6 is 0 Å². The minimum Gasteiger partial charge on any atom is -0.490 e. The van der Waals surface area contributed by atoms with Crippen LogP contribution in [-0.4, -0.2) is 34.2 Å². The molecule has 38 heavy (non-hydrogen) atoms. The lowest BCUT2D eigenvalue weighted by Gasteiger charge is -2.51. The maximum Gasteiger partial charge on any atom is 0.420 e. The van der Waals surface area contributed by atoms with Crippen molar-refractivity contribution < 1.29 is 27.8 Å². The second-order valence-corrected chi connectivity index (χ2v) is 11.7. The number of ether oxygens (including phenoxy) is 1. The minimum atomic E-state index is -4.52. The van der Waals surface area contributed by atoms with Crippen LogP contribution < -0.4 is 4.74 Å². The smallest absolute Gasteiger partial charge is 0.420 e. The fraction of sp³-hybridized carbons (Fsp3) is 0.645. The summed E-state index contributed by atoms with van der Waals surface area (Å²) in [7, 11) is 0. The SMILES string of the molecule is CCC1CCC(Oc2ccc3cc(C(CC)N4C5CCCC4CC(C(=O)O)C5)ccc3c2C(F)(F)F)CC1. The van der Waals surface area contributed by atoms with E-state index in [2.05, 4.69) is 18.7 Å². The fourth-order valence-corrected chi connectivity index (χ4v) is 7.51. The van der Waals surface area contributed by atoms with Gasteiger partial charge < -0.3 is 9.84 Å². The molecular weight excluding hydrogens is 491 g/mol. The molecule has 1 aliphatic carbocycles. The first-order valence-electron chi connectivity index (χ1n) is 14.5. The van der Waals surface area contributed by atoms with Crippen molar-refractivity contribution in [3.8, 4) is 5.75 Å². The van der Waals surface area contributed by atoms with Gasteiger partial charge in [-0.2, -0.15) is 13.2 Å². The summed E-state index contributed by atoms with van der Waals surface area (Å²) in [4.78, 5) is 14.2. The molecule has 5 rings (SSSR count). The van der Waals surface area contributed by atoms with Crippen molar-refractivity contribution in [1.82, 2.24) is 4.90 Å². The highest BCUT2D eigenvalue weighted by molar-refractivity contribution is 5.89. The van der Waals surface area contributed by atoms with E-state index < -0.39 is 17.7 Å². The molecule has 4 nitrogen and oxygen atoms in total. The molecule has 3 atom stereocenters. The Kier molecular flexibility index (Phi) is 7.95. The van der Waals surface area contributed by atoms with Crippen LogP contribution in [0.4, 0.5) is 13.2 Å². The van der Waals surface area contributed by atoms with Crippen LogP contribution in [0.3, 0.4) is 0 Å². The number of hydrogen-bond acceptors (Lipinski definition) is 3. The standard InChI is InChI=1S/C31H40F3NO3/c1-3-19-8-12-25(13-9-19)38-28-15-11-20-16-21(10-14-26(20)29(28)31(32,33)34)27(4-2)35-23-6-5-7-24(35)18-22(17-23)30(36)37/h10-11,14-16,19,22-25,27H,3-9,12-13,17-18H2,1-2H3,(H,36,37). The number of piperidine rings is 2. The Morgan fingerprint density at radius 3 is 2.29 bits per heavy atom. The molecule has 3 aliphatic rings. The predicted molar refractivity (Wildman–Crippen MR) is 142 cm³/mol. The van der Waals surface area contributed by atoms with Gasteiger partial charge in [0.15, 0.2) is 0 Å². The van der Waals surface area contributed by atoms with Crippen LogP contribution in [0, 0.1) is 11.8 Å². The Balaban J connectivity index is 1.44. The summed E-state index contributed by atoms with van der Waals surface area (Å²) in [5.41, 5.74) is 0.330. The monoisotopic (exact) mass is 531 g/mol. The van der Waals surface area contributed by atoms with Crippen molar-refractivity contribution >= 4 is 16.7 Å². The summed E-state index contributed by atoms with van der Waals surface area (Å²) in [6.07, 6.45) is 5.19. The maximum atomic E-state index is 14.4. The van der Waals surface area contributed by atoms with Gasteiger partial charge in [-0.05, 0) is 92.2 Å². The van der Waals surface area contributed by atoms with Gasteiger partial charge in [-0.15, -0.1) is 0 Å². The lowest BCUT2D eigenvalue weighted by atomic mass is 9.76. The molecule has 0 aromatic heterocycles. The molecule has 0 spiro atoms. The van der Waals surface area contributed by atoms with Crippen LogP contribution in [0.5, 0.6) is 5.75 Å². The van der Waals surface area contributed by atoms with Crippen molar-refractivity contribution in [2.75, 3.05) is 0 Å². The van der Waals surface area contributed by atoms with Crippen molar-refractivity contribution in [1.29, 1.82) is 0 Å². The molecule has 208 valence electrons. The molecule has 2 aliphatic heterocycles. The summed E-state index contributed by atoms with van der Waals surface area (Å²) in [6.45, 7) is 4.28. The van der Waals surface area contributed by atoms with E-state index >= 15 is 0 Å². The van der Waals surface area contributed by atoms with Crippen molar-refractivity contribution in [3.63, 3.8) is 0 Å². The number of nitrogens with zero attached hydrogens (tertiary/aromatic N) is 1. The molecule has 2 saturated heterocycles. The molecule has 2 aromatic carbocycles. The number of carboxylic acids is 1. The summed E-state index contributed by atoms with van der Waals surface area (Å²) < 4.78 is 49.2. The number of carbonyl (C=O) groups is 1. The average molecular weight is 532 g/mol. The van der Waals surface area contributed by atoms with E-state index in [0.717, 1.165) is 63.4 Å². The number of halogens is 3. The molecule has 2 aromatic rings. The predicted octanol–water partition coefficient (Wildman–Crippen LogP) is 8.38. The van der Waals surface area contributed by atoms with Crippen LogP contribution in [0.25, 0.3) is 10.8 Å². The van der Waals surface area contributed by atoms with E-state index in [4.69, 9.17) is 4.74 Å². The number of rotatable bonds is 7. The molecule has 3 fully saturated rings. The lowest BCUT2D eigenvalue weighted by molar-refractivity contribution is -0.147. The van der Waals surface area contributed by atoms with Gasteiger partial charge in [-0.3, -0.25) is 9.69 Å². The van der Waals surface area contributed by atoms with E-state index in [1.807, 2.05) is 12.1 Å². The molecule has 1 N–H and O–H groups in total. The first-order valence-corrected chi connectivity index (χ1v) is 14.5. The van der Waals surface area contributed by atoms with Crippen molar-refractivity contribution in [2.24, 2.45) is 11.8 Å². The molecule has 0 radical (unpaired) electrons. The highest BCUT2D eigenvalue weighted by Crippen LogP contribution is 2.46. The minimum absolute atomic E-state index is 0.0588. The third-order valence-corrected chi connectivity index (χ3v) is 9.47. The zero-order valence-corrected chi connectivity index (χ0v) is 22.5. The molecule has 7 heteroatoms. The summed E-state index contributed by atoms with van der Waals surface area (Å²) in [5.74, 6) is -0.431. The topological polar surface area (TPSA) is 49.8 Å². The first kappa shape index (κ1) is 27.3. The summed E-state index contributed by atoms with van der Waals surface area (Å²) in [5, 5.41) is 10.4. The Morgan fingerprint density at radius 2 is 1.71 bits per heavy atom. The highest BCUT2D eigenvalue weighted by atomic mass is 19.4. The van der Waals surface area contributed by atoms with Gasteiger partial charge in [-0.1, -0.05) is 44.9 Å². The second-order valence-electron chi connectivity index (χ2n) is 11.7. The van der Waals surface area contributed by atoms with Gasteiger partial charge in [0, 0.05) is 18.1 Å². The molecule has 2 bridgehead atoms. The summed E-state index contributed by atoms with van der Waals surface area (Å²) in [6, 6.07) is 9.12. The first-order chi connectivity index (χ1) is 18.2. The van der Waals surface area contributed by atoms with Gasteiger partial charge in [0.2, 0.25) is 0 Å². The molecule has 0 amide bonds. The second kappa shape index (κ2) is 11.1. The van der Waals surface area contributed by atoms with Gasteiger partial charge in [0.05, 0.1) is 12.0 Å². The van der Waals surface area contributed by atoms with Gasteiger partial charge >= 0.3 is 12.1 Å². The van der Waals surface area contributed by atoms with Crippen LogP contribution in [-0.2, 0) is 11.0 Å². The van der Waals surface area contributed by atoms with E-state index in [0.29, 0.717) is 24.1 Å². The number of aliphatic carboxylic acids is 1. The van der Waals surface area contributed by atoms with Crippen LogP contribution in [0.15, 0.2) is 30.3 Å². The molecule has 2 heterocycles. The van der Waals surface area contributed by atoms with E-state index in [-0.39, 0.29) is 41.3 Å². The summed E-state index contributed by atoms with van der Waals surface area (Å²) >= 11 is 0. The van der Waals surface area contributed by atoms with Crippen LogP contribution in [0.2, 0.25) is 0 Å². The highest BCUT2D eigenvalue weighted by Gasteiger charge is 2.44. The van der Waals surface area contributed by atoms with Crippen molar-refractivity contribution in [2.45, 2.75) is 115 Å².